The molecular weight excluding hydrogens is 299 g/mol. The van der Waals surface area contributed by atoms with Gasteiger partial charge in [-0.2, -0.15) is 0 Å². The predicted octanol–water partition coefficient (Wildman–Crippen LogP) is 2.27. The lowest BCUT2D eigenvalue weighted by molar-refractivity contribution is 0.0769. The number of aromatic nitrogens is 3. The maximum Gasteiger partial charge on any atom is 0.162 e. The summed E-state index contributed by atoms with van der Waals surface area (Å²) in [5, 5.41) is 4.07. The maximum atomic E-state index is 6.18. The van der Waals surface area contributed by atoms with E-state index in [1.165, 1.54) is 12.7 Å². The molecule has 2 heterocycles. The minimum atomic E-state index is 0. The first kappa shape index (κ1) is 15.1. The van der Waals surface area contributed by atoms with Gasteiger partial charge in [0.05, 0.1) is 19.3 Å². The van der Waals surface area contributed by atoms with E-state index in [4.69, 9.17) is 16.3 Å². The molecule has 0 spiro atoms. The number of nitrogens with zero attached hydrogens (tertiary/aromatic N) is 3. The minimum absolute atomic E-state index is 0. The molecule has 1 aromatic heterocycles. The summed E-state index contributed by atoms with van der Waals surface area (Å²) >= 11 is 6.18. The molecule has 1 aliphatic rings. The normalized spacial score (nSPS) is 18.4. The second-order valence-electron chi connectivity index (χ2n) is 4.32. The van der Waals surface area contributed by atoms with Crippen molar-refractivity contribution in [2.24, 2.45) is 0 Å². The monoisotopic (exact) mass is 312 g/mol. The molecule has 1 N–H and O–H groups in total. The maximum absolute atomic E-state index is 6.18. The Balaban J connectivity index is 0.00000147. The van der Waals surface area contributed by atoms with Crippen molar-refractivity contribution >= 4 is 24.0 Å². The van der Waals surface area contributed by atoms with Gasteiger partial charge >= 0.3 is 0 Å². The van der Waals surface area contributed by atoms with Gasteiger partial charge in [0.25, 0.3) is 0 Å². The summed E-state index contributed by atoms with van der Waals surface area (Å²) in [4.78, 5) is 12.1. The molecule has 5 nitrogen and oxygen atoms in total. The van der Waals surface area contributed by atoms with E-state index in [1.807, 2.05) is 18.2 Å². The number of hydrogen-bond donors (Lipinski definition) is 1. The van der Waals surface area contributed by atoms with Crippen LogP contribution in [-0.2, 0) is 4.74 Å². The predicted molar refractivity (Wildman–Crippen MR) is 79.1 cm³/mol. The van der Waals surface area contributed by atoms with E-state index in [1.54, 1.807) is 0 Å². The number of rotatable bonds is 2. The Morgan fingerprint density at radius 2 is 2.00 bits per heavy atom. The Hall–Kier alpha value is -1.27. The van der Waals surface area contributed by atoms with Crippen LogP contribution in [0, 0.1) is 0 Å². The topological polar surface area (TPSA) is 59.9 Å². The molecule has 2 aromatic rings. The van der Waals surface area contributed by atoms with Gasteiger partial charge in [0.15, 0.2) is 5.82 Å². The summed E-state index contributed by atoms with van der Waals surface area (Å²) in [7, 11) is 0. The Morgan fingerprint density at radius 3 is 2.70 bits per heavy atom. The third-order valence-corrected chi connectivity index (χ3v) is 3.21. The Kier molecular flexibility index (Phi) is 5.25. The summed E-state index contributed by atoms with van der Waals surface area (Å²) in [5.41, 5.74) is 1.97. The highest BCUT2D eigenvalue weighted by atomic mass is 35.5. The van der Waals surface area contributed by atoms with Crippen molar-refractivity contribution in [1.82, 2.24) is 20.3 Å². The Morgan fingerprint density at radius 1 is 1.20 bits per heavy atom. The molecule has 1 atom stereocenters. The zero-order chi connectivity index (χ0) is 13.1. The first-order valence-corrected chi connectivity index (χ1v) is 6.45. The van der Waals surface area contributed by atoms with E-state index in [0.29, 0.717) is 17.5 Å². The molecule has 1 aromatic carbocycles. The van der Waals surface area contributed by atoms with Gasteiger partial charge in [-0.15, -0.1) is 12.4 Å². The van der Waals surface area contributed by atoms with Gasteiger partial charge < -0.3 is 10.1 Å². The van der Waals surface area contributed by atoms with Gasteiger partial charge in [0.1, 0.15) is 12.7 Å². The quantitative estimate of drug-likeness (QED) is 0.922. The fraction of sp³-hybridized carbons (Fsp3) is 0.308. The lowest BCUT2D eigenvalue weighted by atomic mass is 10.0. The SMILES string of the molecule is Cl.Clc1cc(-c2ncncn2)cc([C@@H]2COCCN2)c1. The molecule has 1 saturated heterocycles. The van der Waals surface area contributed by atoms with E-state index < -0.39 is 0 Å². The lowest BCUT2D eigenvalue weighted by Gasteiger charge is -2.24. The van der Waals surface area contributed by atoms with Crippen molar-refractivity contribution in [1.29, 1.82) is 0 Å². The molecular formula is C13H14Cl2N4O. The first-order chi connectivity index (χ1) is 9.33. The van der Waals surface area contributed by atoms with Crippen LogP contribution in [0.2, 0.25) is 5.02 Å². The molecule has 0 aliphatic carbocycles. The fourth-order valence-electron chi connectivity index (χ4n) is 2.11. The van der Waals surface area contributed by atoms with E-state index in [9.17, 15) is 0 Å². The van der Waals surface area contributed by atoms with E-state index in [-0.39, 0.29) is 18.4 Å². The molecule has 0 amide bonds. The molecule has 106 valence electrons. The van der Waals surface area contributed by atoms with Gasteiger partial charge in [0.2, 0.25) is 0 Å². The largest absolute Gasteiger partial charge is 0.378 e. The number of benzene rings is 1. The van der Waals surface area contributed by atoms with Gasteiger partial charge in [-0.05, 0) is 23.8 Å². The molecule has 1 aliphatic heterocycles. The number of hydrogen-bond acceptors (Lipinski definition) is 5. The number of ether oxygens (including phenoxy) is 1. The second kappa shape index (κ2) is 6.95. The van der Waals surface area contributed by atoms with Gasteiger partial charge in [-0.1, -0.05) is 11.6 Å². The standard InChI is InChI=1S/C13H13ClN4O.ClH/c14-11-4-9(12-6-19-2-1-16-12)3-10(5-11)13-17-7-15-8-18-13;/h3-5,7-8,12,16H,1-2,6H2;1H/t12-;/m0./s1. The van der Waals surface area contributed by atoms with Crippen molar-refractivity contribution in [2.75, 3.05) is 19.8 Å². The molecule has 7 heteroatoms. The van der Waals surface area contributed by atoms with Crippen molar-refractivity contribution in [3.63, 3.8) is 0 Å². The molecule has 1 fully saturated rings. The lowest BCUT2D eigenvalue weighted by Crippen LogP contribution is -2.34. The van der Waals surface area contributed by atoms with Crippen LogP contribution in [0.3, 0.4) is 0 Å². The van der Waals surface area contributed by atoms with Crippen LogP contribution in [-0.4, -0.2) is 34.7 Å². The van der Waals surface area contributed by atoms with Crippen LogP contribution < -0.4 is 5.32 Å². The summed E-state index contributed by atoms with van der Waals surface area (Å²) < 4.78 is 5.48. The van der Waals surface area contributed by atoms with Crippen molar-refractivity contribution in [3.8, 4) is 11.4 Å². The van der Waals surface area contributed by atoms with Crippen molar-refractivity contribution in [2.45, 2.75) is 6.04 Å². The summed E-state index contributed by atoms with van der Waals surface area (Å²) in [6, 6.07) is 5.99. The Bertz CT molecular complexity index is 562. The second-order valence-corrected chi connectivity index (χ2v) is 4.75. The smallest absolute Gasteiger partial charge is 0.162 e. The highest BCUT2D eigenvalue weighted by Crippen LogP contribution is 2.26. The number of nitrogens with one attached hydrogen (secondary N) is 1. The van der Waals surface area contributed by atoms with E-state index in [0.717, 1.165) is 24.3 Å². The van der Waals surface area contributed by atoms with Crippen LogP contribution in [0.4, 0.5) is 0 Å². The number of halogens is 2. The fourth-order valence-corrected chi connectivity index (χ4v) is 2.35. The zero-order valence-electron chi connectivity index (χ0n) is 10.6. The van der Waals surface area contributed by atoms with Gasteiger partial charge in [-0.3, -0.25) is 0 Å². The van der Waals surface area contributed by atoms with Crippen molar-refractivity contribution in [3.05, 3.63) is 41.4 Å². The molecule has 0 saturated carbocycles. The highest BCUT2D eigenvalue weighted by molar-refractivity contribution is 6.30. The zero-order valence-corrected chi connectivity index (χ0v) is 12.2. The molecule has 20 heavy (non-hydrogen) atoms. The van der Waals surface area contributed by atoms with Crippen LogP contribution in [0.25, 0.3) is 11.4 Å². The minimum Gasteiger partial charge on any atom is -0.378 e. The van der Waals surface area contributed by atoms with Crippen LogP contribution in [0.5, 0.6) is 0 Å². The van der Waals surface area contributed by atoms with Crippen LogP contribution in [0.1, 0.15) is 11.6 Å². The van der Waals surface area contributed by atoms with E-state index >= 15 is 0 Å². The summed E-state index contributed by atoms with van der Waals surface area (Å²) in [6.07, 6.45) is 2.95. The van der Waals surface area contributed by atoms with E-state index in [2.05, 4.69) is 20.3 Å². The van der Waals surface area contributed by atoms with Crippen LogP contribution in [0.15, 0.2) is 30.9 Å². The van der Waals surface area contributed by atoms with Gasteiger partial charge in [-0.25, -0.2) is 15.0 Å². The molecule has 3 rings (SSSR count). The Labute approximate surface area is 128 Å². The first-order valence-electron chi connectivity index (χ1n) is 6.07. The summed E-state index contributed by atoms with van der Waals surface area (Å²) in [6.45, 7) is 2.24. The third-order valence-electron chi connectivity index (χ3n) is 3.00. The molecule has 0 unspecified atom stereocenters. The molecule has 0 bridgehead atoms. The summed E-state index contributed by atoms with van der Waals surface area (Å²) in [5.74, 6) is 0.621. The third kappa shape index (κ3) is 3.43. The molecule has 0 radical (unpaired) electrons. The average molecular weight is 313 g/mol. The van der Waals surface area contributed by atoms with Gasteiger partial charge in [0, 0.05) is 17.1 Å². The number of morpholine rings is 1. The van der Waals surface area contributed by atoms with Crippen molar-refractivity contribution < 1.29 is 4.74 Å². The van der Waals surface area contributed by atoms with Crippen LogP contribution >= 0.6 is 24.0 Å². The highest BCUT2D eigenvalue weighted by Gasteiger charge is 2.17. The average Bonchev–Trinajstić information content (AvgIpc) is 2.48.